The molecular formula is C14H20N4O2S. The Balaban J connectivity index is 2.47. The first-order valence-electron chi connectivity index (χ1n) is 6.89. The SMILES string of the molecule is CCCNC(=O)c1sc2nc(CN(C)C)[nH]c(=O)c2c1C. The van der Waals surface area contributed by atoms with Crippen LogP contribution in [0.4, 0.5) is 0 Å². The van der Waals surface area contributed by atoms with Gasteiger partial charge in [0.2, 0.25) is 0 Å². The first-order valence-corrected chi connectivity index (χ1v) is 7.71. The number of nitrogens with zero attached hydrogens (tertiary/aromatic N) is 2. The topological polar surface area (TPSA) is 78.1 Å². The molecule has 6 nitrogen and oxygen atoms in total. The van der Waals surface area contributed by atoms with E-state index in [9.17, 15) is 9.59 Å². The number of hydrogen-bond donors (Lipinski definition) is 2. The molecule has 0 aromatic carbocycles. The summed E-state index contributed by atoms with van der Waals surface area (Å²) in [6, 6.07) is 0. The zero-order valence-corrected chi connectivity index (χ0v) is 13.6. The van der Waals surface area contributed by atoms with E-state index in [0.717, 1.165) is 6.42 Å². The number of carbonyl (C=O) groups excluding carboxylic acids is 1. The standard InChI is InChI=1S/C14H20N4O2S/c1-5-6-15-13(20)11-8(2)10-12(19)16-9(7-18(3)4)17-14(10)21-11/h5-7H2,1-4H3,(H,15,20)(H,16,17,19). The maximum Gasteiger partial charge on any atom is 0.261 e. The number of aromatic nitrogens is 2. The molecule has 0 fully saturated rings. The van der Waals surface area contributed by atoms with Crippen LogP contribution in [0, 0.1) is 6.92 Å². The van der Waals surface area contributed by atoms with Crippen molar-refractivity contribution in [2.24, 2.45) is 0 Å². The van der Waals surface area contributed by atoms with Crippen LogP contribution in [0.3, 0.4) is 0 Å². The first kappa shape index (κ1) is 15.7. The Hall–Kier alpha value is -1.73. The Labute approximate surface area is 127 Å². The highest BCUT2D eigenvalue weighted by Gasteiger charge is 2.19. The molecule has 2 rings (SSSR count). The molecule has 0 aliphatic carbocycles. The van der Waals surface area contributed by atoms with Gasteiger partial charge in [0, 0.05) is 6.54 Å². The van der Waals surface area contributed by atoms with E-state index in [1.807, 2.05) is 25.9 Å². The van der Waals surface area contributed by atoms with Gasteiger partial charge in [-0.25, -0.2) is 4.98 Å². The monoisotopic (exact) mass is 308 g/mol. The summed E-state index contributed by atoms with van der Waals surface area (Å²) in [5.74, 6) is 0.477. The third kappa shape index (κ3) is 3.30. The molecule has 2 N–H and O–H groups in total. The van der Waals surface area contributed by atoms with Crippen LogP contribution in [-0.2, 0) is 6.54 Å². The number of aryl methyl sites for hydroxylation is 1. The molecule has 0 spiro atoms. The molecule has 0 saturated carbocycles. The summed E-state index contributed by atoms with van der Waals surface area (Å²) in [6.45, 7) is 4.97. The van der Waals surface area contributed by atoms with Crippen LogP contribution in [0.15, 0.2) is 4.79 Å². The molecule has 2 aromatic heterocycles. The Morgan fingerprint density at radius 3 is 2.76 bits per heavy atom. The van der Waals surface area contributed by atoms with Crippen LogP contribution in [0.5, 0.6) is 0 Å². The number of fused-ring (bicyclic) bond motifs is 1. The average molecular weight is 308 g/mol. The van der Waals surface area contributed by atoms with E-state index < -0.39 is 0 Å². The van der Waals surface area contributed by atoms with Gasteiger partial charge in [0.05, 0.1) is 16.8 Å². The molecule has 114 valence electrons. The molecule has 1 amide bonds. The molecule has 2 heterocycles. The van der Waals surface area contributed by atoms with E-state index in [1.165, 1.54) is 11.3 Å². The summed E-state index contributed by atoms with van der Waals surface area (Å²) in [5, 5.41) is 3.36. The number of hydrogen-bond acceptors (Lipinski definition) is 5. The predicted octanol–water partition coefficient (Wildman–Crippen LogP) is 1.49. The zero-order chi connectivity index (χ0) is 15.6. The van der Waals surface area contributed by atoms with Gasteiger partial charge in [0.25, 0.3) is 11.5 Å². The lowest BCUT2D eigenvalue weighted by Crippen LogP contribution is -2.23. The fourth-order valence-electron chi connectivity index (χ4n) is 2.10. The Bertz CT molecular complexity index is 718. The number of thiophene rings is 1. The molecule has 0 atom stereocenters. The first-order chi connectivity index (χ1) is 9.93. The minimum Gasteiger partial charge on any atom is -0.351 e. The lowest BCUT2D eigenvalue weighted by molar-refractivity contribution is 0.0957. The summed E-state index contributed by atoms with van der Waals surface area (Å²) in [7, 11) is 3.82. The van der Waals surface area contributed by atoms with Crippen molar-refractivity contribution >= 4 is 27.5 Å². The number of aromatic amines is 1. The summed E-state index contributed by atoms with van der Waals surface area (Å²) in [5.41, 5.74) is 0.522. The maximum atomic E-state index is 12.2. The van der Waals surface area contributed by atoms with Crippen molar-refractivity contribution < 1.29 is 4.79 Å². The van der Waals surface area contributed by atoms with Gasteiger partial charge in [-0.3, -0.25) is 9.59 Å². The van der Waals surface area contributed by atoms with Crippen molar-refractivity contribution in [3.05, 3.63) is 26.6 Å². The minimum atomic E-state index is -0.180. The summed E-state index contributed by atoms with van der Waals surface area (Å²) in [6.07, 6.45) is 0.876. The lowest BCUT2D eigenvalue weighted by Gasteiger charge is -2.07. The molecule has 21 heavy (non-hydrogen) atoms. The second-order valence-corrected chi connectivity index (χ2v) is 6.24. The van der Waals surface area contributed by atoms with Gasteiger partial charge in [-0.1, -0.05) is 6.92 Å². The number of amides is 1. The van der Waals surface area contributed by atoms with E-state index in [0.29, 0.717) is 39.6 Å². The highest BCUT2D eigenvalue weighted by Crippen LogP contribution is 2.26. The molecule has 2 aromatic rings. The third-order valence-corrected chi connectivity index (χ3v) is 4.24. The molecular weight excluding hydrogens is 288 g/mol. The van der Waals surface area contributed by atoms with Crippen LogP contribution in [0.1, 0.15) is 34.4 Å². The highest BCUT2D eigenvalue weighted by molar-refractivity contribution is 7.20. The normalized spacial score (nSPS) is 11.3. The van der Waals surface area contributed by atoms with Crippen molar-refractivity contribution in [1.82, 2.24) is 20.2 Å². The second kappa shape index (κ2) is 6.36. The van der Waals surface area contributed by atoms with E-state index in [-0.39, 0.29) is 11.5 Å². The molecule has 0 radical (unpaired) electrons. The molecule has 0 aliphatic heterocycles. The Morgan fingerprint density at radius 2 is 2.14 bits per heavy atom. The van der Waals surface area contributed by atoms with Crippen LogP contribution in [0.2, 0.25) is 0 Å². The van der Waals surface area contributed by atoms with Crippen molar-refractivity contribution in [2.75, 3.05) is 20.6 Å². The Kier molecular flexibility index (Phi) is 4.74. The highest BCUT2D eigenvalue weighted by atomic mass is 32.1. The fraction of sp³-hybridized carbons (Fsp3) is 0.500. The predicted molar refractivity (Wildman–Crippen MR) is 85.0 cm³/mol. The van der Waals surface area contributed by atoms with Gasteiger partial charge < -0.3 is 15.2 Å². The number of rotatable bonds is 5. The average Bonchev–Trinajstić information content (AvgIpc) is 2.72. The van der Waals surface area contributed by atoms with Gasteiger partial charge in [0.1, 0.15) is 10.7 Å². The van der Waals surface area contributed by atoms with Gasteiger partial charge in [-0.2, -0.15) is 0 Å². The van der Waals surface area contributed by atoms with Crippen molar-refractivity contribution in [3.63, 3.8) is 0 Å². The van der Waals surface area contributed by atoms with Crippen LogP contribution < -0.4 is 10.9 Å². The van der Waals surface area contributed by atoms with Crippen molar-refractivity contribution in [1.29, 1.82) is 0 Å². The molecule has 0 unspecified atom stereocenters. The van der Waals surface area contributed by atoms with Crippen LogP contribution in [-0.4, -0.2) is 41.4 Å². The minimum absolute atomic E-state index is 0.133. The van der Waals surface area contributed by atoms with E-state index in [1.54, 1.807) is 6.92 Å². The van der Waals surface area contributed by atoms with Crippen LogP contribution in [0.25, 0.3) is 10.2 Å². The van der Waals surface area contributed by atoms with Gasteiger partial charge in [0.15, 0.2) is 0 Å². The molecule has 7 heteroatoms. The Morgan fingerprint density at radius 1 is 1.43 bits per heavy atom. The smallest absolute Gasteiger partial charge is 0.261 e. The molecule has 0 bridgehead atoms. The zero-order valence-electron chi connectivity index (χ0n) is 12.7. The quantitative estimate of drug-likeness (QED) is 0.877. The van der Waals surface area contributed by atoms with Crippen LogP contribution >= 0.6 is 11.3 Å². The largest absolute Gasteiger partial charge is 0.351 e. The summed E-state index contributed by atoms with van der Waals surface area (Å²) in [4.78, 5) is 34.7. The molecule has 0 aliphatic rings. The van der Waals surface area contributed by atoms with E-state index in [4.69, 9.17) is 0 Å². The van der Waals surface area contributed by atoms with Gasteiger partial charge in [-0.15, -0.1) is 11.3 Å². The van der Waals surface area contributed by atoms with E-state index in [2.05, 4.69) is 15.3 Å². The molecule has 0 saturated heterocycles. The van der Waals surface area contributed by atoms with Crippen molar-refractivity contribution in [2.45, 2.75) is 26.8 Å². The maximum absolute atomic E-state index is 12.2. The fourth-order valence-corrected chi connectivity index (χ4v) is 3.22. The number of nitrogens with one attached hydrogen (secondary N) is 2. The summed E-state index contributed by atoms with van der Waals surface area (Å²) >= 11 is 1.28. The van der Waals surface area contributed by atoms with E-state index >= 15 is 0 Å². The second-order valence-electron chi connectivity index (χ2n) is 5.24. The number of carbonyl (C=O) groups is 1. The number of H-pyrrole nitrogens is 1. The lowest BCUT2D eigenvalue weighted by atomic mass is 10.2. The summed E-state index contributed by atoms with van der Waals surface area (Å²) < 4.78 is 0. The third-order valence-electron chi connectivity index (χ3n) is 3.06. The van der Waals surface area contributed by atoms with Crippen molar-refractivity contribution in [3.8, 4) is 0 Å². The van der Waals surface area contributed by atoms with Gasteiger partial charge >= 0.3 is 0 Å². The van der Waals surface area contributed by atoms with Gasteiger partial charge in [-0.05, 0) is 33.0 Å².